The molecule has 0 saturated heterocycles. The molecule has 0 aliphatic heterocycles. The first-order valence-corrected chi connectivity index (χ1v) is 3.68. The summed E-state index contributed by atoms with van der Waals surface area (Å²) in [6.45, 7) is 2.29. The molecule has 5 heavy (non-hydrogen) atoms. The van der Waals surface area contributed by atoms with Crippen molar-refractivity contribution in [1.29, 1.82) is 0 Å². The predicted octanol–water partition coefficient (Wildman–Crippen LogP) is 1.46. The van der Waals surface area contributed by atoms with Crippen molar-refractivity contribution in [3.8, 4) is 0 Å². The van der Waals surface area contributed by atoms with Crippen molar-refractivity contribution >= 4 is 8.58 Å². The minimum Gasteiger partial charge on any atom is -0.122 e. The van der Waals surface area contributed by atoms with Crippen molar-refractivity contribution in [3.63, 3.8) is 0 Å². The summed E-state index contributed by atoms with van der Waals surface area (Å²) >= 11 is 0. The van der Waals surface area contributed by atoms with Crippen molar-refractivity contribution in [3.05, 3.63) is 0 Å². The summed E-state index contributed by atoms with van der Waals surface area (Å²) in [5, 5.41) is 0. The Balaban J connectivity index is 2.00. The van der Waals surface area contributed by atoms with Gasteiger partial charge in [0, 0.05) is 0 Å². The zero-order chi connectivity index (χ0) is 3.70. The molecule has 1 atom stereocenters. The van der Waals surface area contributed by atoms with E-state index >= 15 is 0 Å². The van der Waals surface area contributed by atoms with Gasteiger partial charge in [0.25, 0.3) is 0 Å². The van der Waals surface area contributed by atoms with E-state index in [0.717, 1.165) is 5.66 Å². The van der Waals surface area contributed by atoms with Crippen molar-refractivity contribution < 1.29 is 0 Å². The third-order valence-corrected chi connectivity index (χ3v) is 2.38. The van der Waals surface area contributed by atoms with E-state index in [2.05, 4.69) is 6.66 Å². The highest BCUT2D eigenvalue weighted by Gasteiger charge is 2.17. The van der Waals surface area contributed by atoms with Crippen LogP contribution in [0.5, 0.6) is 0 Å². The summed E-state index contributed by atoms with van der Waals surface area (Å²) in [6.07, 6.45) is 3.05. The molecule has 0 bridgehead atoms. The SMILES string of the molecule is CPC1CC1. The fourth-order valence-electron chi connectivity index (χ4n) is 0.372. The van der Waals surface area contributed by atoms with Gasteiger partial charge in [-0.2, -0.15) is 0 Å². The molecule has 1 aliphatic carbocycles. The van der Waals surface area contributed by atoms with Crippen LogP contribution in [0.3, 0.4) is 0 Å². The molecule has 1 unspecified atom stereocenters. The van der Waals surface area contributed by atoms with Gasteiger partial charge < -0.3 is 0 Å². The summed E-state index contributed by atoms with van der Waals surface area (Å²) in [7, 11) is 1.23. The molecule has 1 rings (SSSR count). The molecule has 1 fully saturated rings. The van der Waals surface area contributed by atoms with Gasteiger partial charge in [0.15, 0.2) is 0 Å². The molecule has 0 aromatic heterocycles. The molecule has 0 nitrogen and oxygen atoms in total. The summed E-state index contributed by atoms with van der Waals surface area (Å²) in [5.74, 6) is 0. The van der Waals surface area contributed by atoms with E-state index in [1.54, 1.807) is 0 Å². The van der Waals surface area contributed by atoms with Crippen LogP contribution >= 0.6 is 8.58 Å². The molecule has 0 N–H and O–H groups in total. The lowest BCUT2D eigenvalue weighted by Gasteiger charge is -1.74. The Hall–Kier alpha value is 0.430. The Kier molecular flexibility index (Phi) is 0.911. The van der Waals surface area contributed by atoms with Gasteiger partial charge in [-0.05, 0) is 25.2 Å². The summed E-state index contributed by atoms with van der Waals surface area (Å²) in [4.78, 5) is 0. The Bertz CT molecular complexity index is 30.6. The Labute approximate surface area is 34.7 Å². The summed E-state index contributed by atoms with van der Waals surface area (Å²) in [6, 6.07) is 0. The van der Waals surface area contributed by atoms with Crippen LogP contribution in [0.15, 0.2) is 0 Å². The highest BCUT2D eigenvalue weighted by molar-refractivity contribution is 7.38. The maximum atomic E-state index is 2.29. The Morgan fingerprint density at radius 3 is 2.20 bits per heavy atom. The maximum absolute atomic E-state index is 2.29. The topological polar surface area (TPSA) is 0 Å². The smallest absolute Gasteiger partial charge is 0.0239 e. The molecule has 1 heteroatoms. The minimum absolute atomic E-state index is 1.16. The monoisotopic (exact) mass is 88.0 g/mol. The first kappa shape index (κ1) is 3.61. The van der Waals surface area contributed by atoms with E-state index in [0.29, 0.717) is 0 Å². The molecule has 1 aliphatic rings. The second-order valence-electron chi connectivity index (χ2n) is 1.56. The molecule has 0 aromatic carbocycles. The summed E-state index contributed by atoms with van der Waals surface area (Å²) < 4.78 is 0. The van der Waals surface area contributed by atoms with Crippen LogP contribution in [0.2, 0.25) is 0 Å². The van der Waals surface area contributed by atoms with Gasteiger partial charge >= 0.3 is 0 Å². The average molecular weight is 88.1 g/mol. The molecule has 30 valence electrons. The van der Waals surface area contributed by atoms with Crippen LogP contribution in [-0.4, -0.2) is 12.3 Å². The second kappa shape index (κ2) is 1.26. The van der Waals surface area contributed by atoms with E-state index in [1.807, 2.05) is 0 Å². The molecule has 0 radical (unpaired) electrons. The van der Waals surface area contributed by atoms with E-state index < -0.39 is 0 Å². The van der Waals surface area contributed by atoms with E-state index in [9.17, 15) is 0 Å². The van der Waals surface area contributed by atoms with Crippen molar-refractivity contribution in [2.45, 2.75) is 18.5 Å². The molecular weight excluding hydrogens is 79.0 g/mol. The Morgan fingerprint density at radius 2 is 2.20 bits per heavy atom. The fourth-order valence-corrected chi connectivity index (χ4v) is 1.12. The maximum Gasteiger partial charge on any atom is -0.0239 e. The van der Waals surface area contributed by atoms with Crippen LogP contribution in [0, 0.1) is 0 Å². The van der Waals surface area contributed by atoms with Crippen molar-refractivity contribution in [2.24, 2.45) is 0 Å². The zero-order valence-corrected chi connectivity index (χ0v) is 4.49. The molecular formula is C4H9P. The second-order valence-corrected chi connectivity index (χ2v) is 2.96. The number of hydrogen-bond donors (Lipinski definition) is 0. The zero-order valence-electron chi connectivity index (χ0n) is 3.49. The van der Waals surface area contributed by atoms with E-state index in [4.69, 9.17) is 0 Å². The molecule has 0 aromatic rings. The number of rotatable bonds is 1. The molecule has 0 spiro atoms. The minimum atomic E-state index is 1.16. The van der Waals surface area contributed by atoms with Crippen molar-refractivity contribution in [1.82, 2.24) is 0 Å². The molecule has 0 amide bonds. The largest absolute Gasteiger partial charge is 0.122 e. The van der Waals surface area contributed by atoms with Crippen molar-refractivity contribution in [2.75, 3.05) is 6.66 Å². The first-order valence-electron chi connectivity index (χ1n) is 2.11. The normalized spacial score (nSPS) is 25.8. The standard InChI is InChI=1S/C4H9P/c1-5-4-2-3-4/h4-5H,2-3H2,1H3. The third kappa shape index (κ3) is 0.887. The lowest BCUT2D eigenvalue weighted by molar-refractivity contribution is 1.50. The highest BCUT2D eigenvalue weighted by Crippen LogP contribution is 2.36. The molecule has 0 heterocycles. The third-order valence-electron chi connectivity index (χ3n) is 0.986. The van der Waals surface area contributed by atoms with Crippen LogP contribution in [-0.2, 0) is 0 Å². The van der Waals surface area contributed by atoms with Gasteiger partial charge in [0.2, 0.25) is 0 Å². The lowest BCUT2D eigenvalue weighted by atomic mass is 11.0. The van der Waals surface area contributed by atoms with Crippen LogP contribution < -0.4 is 0 Å². The van der Waals surface area contributed by atoms with Gasteiger partial charge in [-0.3, -0.25) is 0 Å². The fraction of sp³-hybridized carbons (Fsp3) is 1.00. The van der Waals surface area contributed by atoms with E-state index in [1.165, 1.54) is 21.4 Å². The summed E-state index contributed by atoms with van der Waals surface area (Å²) in [5.41, 5.74) is 1.16. The lowest BCUT2D eigenvalue weighted by Crippen LogP contribution is -1.55. The van der Waals surface area contributed by atoms with Gasteiger partial charge in [-0.1, -0.05) is 0 Å². The first-order chi connectivity index (χ1) is 2.43. The van der Waals surface area contributed by atoms with Gasteiger partial charge in [0.05, 0.1) is 0 Å². The number of hydrogen-bond acceptors (Lipinski definition) is 0. The van der Waals surface area contributed by atoms with Gasteiger partial charge in [0.1, 0.15) is 0 Å². The van der Waals surface area contributed by atoms with Crippen LogP contribution in [0.4, 0.5) is 0 Å². The average Bonchev–Trinajstić information content (AvgIpc) is 2.12. The van der Waals surface area contributed by atoms with Crippen LogP contribution in [0.25, 0.3) is 0 Å². The Morgan fingerprint density at radius 1 is 1.60 bits per heavy atom. The van der Waals surface area contributed by atoms with Gasteiger partial charge in [-0.25, -0.2) is 0 Å². The highest BCUT2D eigenvalue weighted by atomic mass is 31.1. The molecule has 1 saturated carbocycles. The van der Waals surface area contributed by atoms with Crippen LogP contribution in [0.1, 0.15) is 12.8 Å². The van der Waals surface area contributed by atoms with Gasteiger partial charge in [-0.15, -0.1) is 8.58 Å². The van der Waals surface area contributed by atoms with E-state index in [-0.39, 0.29) is 0 Å². The predicted molar refractivity (Wildman–Crippen MR) is 27.3 cm³/mol. The quantitative estimate of drug-likeness (QED) is 0.425.